The summed E-state index contributed by atoms with van der Waals surface area (Å²) in [7, 11) is -3.67. The Hall–Kier alpha value is -1.11. The van der Waals surface area contributed by atoms with Crippen molar-refractivity contribution in [1.29, 1.82) is 0 Å². The number of hydrogen-bond acceptors (Lipinski definition) is 3. The van der Waals surface area contributed by atoms with Gasteiger partial charge in [0.25, 0.3) is 10.1 Å². The van der Waals surface area contributed by atoms with Crippen molar-refractivity contribution in [3.8, 4) is 0 Å². The van der Waals surface area contributed by atoms with Gasteiger partial charge in [-0.25, -0.2) is 0 Å². The summed E-state index contributed by atoms with van der Waals surface area (Å²) in [5.74, 6) is 0.0138. The number of halogens is 2. The van der Waals surface area contributed by atoms with Crippen LogP contribution in [0.1, 0.15) is 17.0 Å². The second-order valence-electron chi connectivity index (χ2n) is 4.96. The second-order valence-corrected chi connectivity index (χ2v) is 7.27. The van der Waals surface area contributed by atoms with Crippen LogP contribution in [0.4, 0.5) is 0 Å². The first-order chi connectivity index (χ1) is 10.7. The Balaban J connectivity index is 0.000000463. The molecule has 0 saturated carbocycles. The number of aliphatic hydroxyl groups is 1. The fourth-order valence-corrected chi connectivity index (χ4v) is 2.40. The van der Waals surface area contributed by atoms with Gasteiger partial charge in [0.05, 0.1) is 12.9 Å². The largest absolute Gasteiger partial charge is 0.396 e. The Morgan fingerprint density at radius 1 is 1.04 bits per heavy atom. The molecule has 0 aliphatic carbocycles. The molecule has 2 rings (SSSR count). The van der Waals surface area contributed by atoms with Crippen LogP contribution in [0, 0.1) is 0 Å². The summed E-state index contributed by atoms with van der Waals surface area (Å²) in [4.78, 5) is 0. The predicted octanol–water partition coefficient (Wildman–Crippen LogP) is 3.82. The Morgan fingerprint density at radius 3 is 2.04 bits per heavy atom. The van der Waals surface area contributed by atoms with E-state index in [1.807, 2.05) is 48.5 Å². The van der Waals surface area contributed by atoms with Gasteiger partial charge in [-0.2, -0.15) is 8.42 Å². The molecule has 7 heteroatoms. The highest BCUT2D eigenvalue weighted by Gasteiger charge is 2.14. The minimum atomic E-state index is -3.67. The van der Waals surface area contributed by atoms with Crippen LogP contribution in [0.15, 0.2) is 48.5 Å². The van der Waals surface area contributed by atoms with Crippen LogP contribution >= 0.6 is 23.2 Å². The van der Waals surface area contributed by atoms with Gasteiger partial charge < -0.3 is 5.11 Å². The van der Waals surface area contributed by atoms with Crippen molar-refractivity contribution in [2.45, 2.75) is 12.3 Å². The standard InChI is InChI=1S/C15H14Cl2O.CH4O3S/c16-13-7-5-11(6-8-13)9-12(10-18)14-3-1-2-4-15(14)17;1-5(2,3)4/h1-8,12,18H,9-10H2;1H3,(H,2,3,4). The third kappa shape index (κ3) is 8.34. The van der Waals surface area contributed by atoms with Crippen LogP contribution in [0.3, 0.4) is 0 Å². The molecule has 0 aromatic heterocycles. The van der Waals surface area contributed by atoms with E-state index in [4.69, 9.17) is 27.8 Å². The van der Waals surface area contributed by atoms with Gasteiger partial charge in [-0.3, -0.25) is 4.55 Å². The van der Waals surface area contributed by atoms with Crippen LogP contribution < -0.4 is 0 Å². The highest BCUT2D eigenvalue weighted by atomic mass is 35.5. The van der Waals surface area contributed by atoms with E-state index < -0.39 is 10.1 Å². The molecule has 0 bridgehead atoms. The predicted molar refractivity (Wildman–Crippen MR) is 93.9 cm³/mol. The summed E-state index contributed by atoms with van der Waals surface area (Å²) < 4.78 is 25.9. The number of aliphatic hydroxyl groups excluding tert-OH is 1. The molecule has 23 heavy (non-hydrogen) atoms. The molecule has 1 atom stereocenters. The van der Waals surface area contributed by atoms with Gasteiger partial charge in [0, 0.05) is 16.0 Å². The molecular formula is C16H18Cl2O4S. The van der Waals surface area contributed by atoms with Crippen molar-refractivity contribution >= 4 is 33.3 Å². The average molecular weight is 377 g/mol. The van der Waals surface area contributed by atoms with Crippen LogP contribution in [-0.2, 0) is 16.5 Å². The van der Waals surface area contributed by atoms with Gasteiger partial charge in [0.2, 0.25) is 0 Å². The average Bonchev–Trinajstić information content (AvgIpc) is 2.46. The zero-order chi connectivity index (χ0) is 17.5. The van der Waals surface area contributed by atoms with Crippen molar-refractivity contribution in [2.24, 2.45) is 0 Å². The zero-order valence-corrected chi connectivity index (χ0v) is 14.8. The molecule has 0 spiro atoms. The van der Waals surface area contributed by atoms with E-state index in [-0.39, 0.29) is 12.5 Å². The van der Waals surface area contributed by atoms with Crippen molar-refractivity contribution in [1.82, 2.24) is 0 Å². The highest BCUT2D eigenvalue weighted by Crippen LogP contribution is 2.27. The first kappa shape index (κ1) is 19.9. The molecule has 0 aliphatic rings. The second kappa shape index (κ2) is 9.25. The monoisotopic (exact) mass is 376 g/mol. The van der Waals surface area contributed by atoms with Crippen LogP contribution in [0.2, 0.25) is 10.0 Å². The minimum Gasteiger partial charge on any atom is -0.396 e. The molecule has 1 unspecified atom stereocenters. The highest BCUT2D eigenvalue weighted by molar-refractivity contribution is 7.85. The summed E-state index contributed by atoms with van der Waals surface area (Å²) >= 11 is 12.0. The maximum atomic E-state index is 9.54. The maximum Gasteiger partial charge on any atom is 0.261 e. The Bertz CT molecular complexity index is 707. The molecule has 126 valence electrons. The van der Waals surface area contributed by atoms with Crippen molar-refractivity contribution in [2.75, 3.05) is 12.9 Å². The number of hydrogen-bond donors (Lipinski definition) is 2. The third-order valence-corrected chi connectivity index (χ3v) is 3.56. The van der Waals surface area contributed by atoms with Gasteiger partial charge in [0.1, 0.15) is 0 Å². The third-order valence-electron chi connectivity index (χ3n) is 2.96. The Labute approximate surface area is 146 Å². The fraction of sp³-hybridized carbons (Fsp3) is 0.250. The normalized spacial score (nSPS) is 12.2. The van der Waals surface area contributed by atoms with E-state index in [2.05, 4.69) is 0 Å². The molecule has 0 radical (unpaired) electrons. The van der Waals surface area contributed by atoms with Crippen LogP contribution in [-0.4, -0.2) is 30.9 Å². The topological polar surface area (TPSA) is 74.6 Å². The summed E-state index contributed by atoms with van der Waals surface area (Å²) in [6.45, 7) is 0.0758. The molecule has 0 amide bonds. The van der Waals surface area contributed by atoms with E-state index in [9.17, 15) is 13.5 Å². The van der Waals surface area contributed by atoms with Gasteiger partial charge in [-0.05, 0) is 35.7 Å². The van der Waals surface area contributed by atoms with Gasteiger partial charge in [0.15, 0.2) is 0 Å². The lowest BCUT2D eigenvalue weighted by Crippen LogP contribution is -2.08. The maximum absolute atomic E-state index is 9.54. The summed E-state index contributed by atoms with van der Waals surface area (Å²) in [6.07, 6.45) is 1.46. The quantitative estimate of drug-likeness (QED) is 0.795. The van der Waals surface area contributed by atoms with E-state index >= 15 is 0 Å². The van der Waals surface area contributed by atoms with Crippen molar-refractivity contribution in [3.63, 3.8) is 0 Å². The van der Waals surface area contributed by atoms with Crippen LogP contribution in [0.5, 0.6) is 0 Å². The zero-order valence-electron chi connectivity index (χ0n) is 12.5. The molecular weight excluding hydrogens is 359 g/mol. The minimum absolute atomic E-state index is 0.0138. The first-order valence-electron chi connectivity index (χ1n) is 6.73. The molecule has 2 aromatic rings. The van der Waals surface area contributed by atoms with E-state index in [0.717, 1.165) is 22.6 Å². The van der Waals surface area contributed by atoms with Crippen LogP contribution in [0.25, 0.3) is 0 Å². The smallest absolute Gasteiger partial charge is 0.261 e. The lowest BCUT2D eigenvalue weighted by atomic mass is 9.93. The molecule has 0 saturated heterocycles. The van der Waals surface area contributed by atoms with E-state index in [0.29, 0.717) is 11.3 Å². The molecule has 4 nitrogen and oxygen atoms in total. The SMILES string of the molecule is CS(=O)(=O)O.OCC(Cc1ccc(Cl)cc1)c1ccccc1Cl. The fourth-order valence-electron chi connectivity index (χ4n) is 1.98. The molecule has 2 aromatic carbocycles. The molecule has 2 N–H and O–H groups in total. The molecule has 0 fully saturated rings. The Morgan fingerprint density at radius 2 is 1.57 bits per heavy atom. The van der Waals surface area contributed by atoms with Gasteiger partial charge in [-0.15, -0.1) is 0 Å². The van der Waals surface area contributed by atoms with E-state index in [1.54, 1.807) is 0 Å². The van der Waals surface area contributed by atoms with E-state index in [1.165, 1.54) is 0 Å². The summed E-state index contributed by atoms with van der Waals surface area (Å²) in [5, 5.41) is 11.0. The molecule has 0 heterocycles. The van der Waals surface area contributed by atoms with Crippen molar-refractivity contribution in [3.05, 3.63) is 69.7 Å². The summed E-state index contributed by atoms with van der Waals surface area (Å²) in [5.41, 5.74) is 2.12. The first-order valence-corrected chi connectivity index (χ1v) is 9.33. The lowest BCUT2D eigenvalue weighted by Gasteiger charge is -2.16. The van der Waals surface area contributed by atoms with Crippen molar-refractivity contribution < 1.29 is 18.1 Å². The molecule has 0 aliphatic heterocycles. The van der Waals surface area contributed by atoms with Gasteiger partial charge in [-0.1, -0.05) is 53.5 Å². The number of benzene rings is 2. The Kier molecular flexibility index (Phi) is 8.02. The van der Waals surface area contributed by atoms with Gasteiger partial charge >= 0.3 is 0 Å². The summed E-state index contributed by atoms with van der Waals surface area (Å²) in [6, 6.07) is 15.3. The lowest BCUT2D eigenvalue weighted by molar-refractivity contribution is 0.264. The number of rotatable bonds is 4.